The topological polar surface area (TPSA) is 67.3 Å². The maximum absolute atomic E-state index is 6.09. The van der Waals surface area contributed by atoms with Crippen molar-refractivity contribution in [2.45, 2.75) is 25.4 Å². The summed E-state index contributed by atoms with van der Waals surface area (Å²) in [5.74, 6) is 1.66. The van der Waals surface area contributed by atoms with Crippen LogP contribution in [0.4, 0.5) is 11.5 Å². The van der Waals surface area contributed by atoms with Gasteiger partial charge < -0.3 is 14.5 Å². The molecule has 0 unspecified atom stereocenters. The van der Waals surface area contributed by atoms with Gasteiger partial charge in [0.1, 0.15) is 18.2 Å². The summed E-state index contributed by atoms with van der Waals surface area (Å²) in [5.41, 5.74) is 2.12. The normalized spacial score (nSPS) is 17.8. The van der Waals surface area contributed by atoms with E-state index in [0.29, 0.717) is 12.0 Å². The lowest BCUT2D eigenvalue weighted by Crippen LogP contribution is -2.46. The summed E-state index contributed by atoms with van der Waals surface area (Å²) in [6, 6.07) is 6.37. The second-order valence-electron chi connectivity index (χ2n) is 7.09. The molecular formula is C20H22N6O. The number of aromatic nitrogens is 4. The Morgan fingerprint density at radius 2 is 1.78 bits per heavy atom. The molecule has 0 amide bonds. The van der Waals surface area contributed by atoms with Crippen LogP contribution in [-0.4, -0.2) is 52.2 Å². The Hall–Kier alpha value is -2.96. The number of anilines is 2. The van der Waals surface area contributed by atoms with Gasteiger partial charge in [-0.2, -0.15) is 0 Å². The van der Waals surface area contributed by atoms with Gasteiger partial charge in [-0.15, -0.1) is 0 Å². The van der Waals surface area contributed by atoms with Gasteiger partial charge in [-0.25, -0.2) is 15.0 Å². The van der Waals surface area contributed by atoms with Gasteiger partial charge in [0.05, 0.1) is 17.1 Å². The van der Waals surface area contributed by atoms with Crippen molar-refractivity contribution in [3.63, 3.8) is 0 Å². The molecule has 27 heavy (non-hydrogen) atoms. The molecule has 0 atom stereocenters. The lowest BCUT2D eigenvalue weighted by Gasteiger charge is -2.36. The first-order valence-corrected chi connectivity index (χ1v) is 9.54. The highest BCUT2D eigenvalue weighted by atomic mass is 16.5. The van der Waals surface area contributed by atoms with E-state index in [9.17, 15) is 0 Å². The number of rotatable bonds is 4. The first kappa shape index (κ1) is 16.2. The van der Waals surface area contributed by atoms with Crippen molar-refractivity contribution in [1.29, 1.82) is 0 Å². The van der Waals surface area contributed by atoms with E-state index >= 15 is 0 Å². The lowest BCUT2D eigenvalue weighted by molar-refractivity contribution is 0.116. The van der Waals surface area contributed by atoms with E-state index in [4.69, 9.17) is 4.74 Å². The molecule has 0 bridgehead atoms. The van der Waals surface area contributed by atoms with Crippen LogP contribution in [-0.2, 0) is 0 Å². The van der Waals surface area contributed by atoms with Crippen molar-refractivity contribution in [3.8, 4) is 5.88 Å². The zero-order valence-electron chi connectivity index (χ0n) is 15.2. The number of ether oxygens (including phenoxy) is 1. The summed E-state index contributed by atoms with van der Waals surface area (Å²) in [7, 11) is 0. The van der Waals surface area contributed by atoms with Gasteiger partial charge in [0, 0.05) is 44.3 Å². The number of hydrogen-bond acceptors (Lipinski definition) is 7. The Labute approximate surface area is 158 Å². The molecule has 5 rings (SSSR count). The van der Waals surface area contributed by atoms with Crippen LogP contribution in [0.2, 0.25) is 0 Å². The van der Waals surface area contributed by atoms with E-state index in [1.807, 2.05) is 6.20 Å². The van der Waals surface area contributed by atoms with Crippen LogP contribution in [0.3, 0.4) is 0 Å². The van der Waals surface area contributed by atoms with E-state index < -0.39 is 0 Å². The molecule has 1 saturated heterocycles. The van der Waals surface area contributed by atoms with Crippen LogP contribution >= 0.6 is 0 Å². The molecule has 7 heteroatoms. The smallest absolute Gasteiger partial charge is 0.224 e. The molecule has 0 radical (unpaired) electrons. The molecule has 0 spiro atoms. The summed E-state index contributed by atoms with van der Waals surface area (Å²) >= 11 is 0. The molecule has 2 aliphatic rings. The van der Waals surface area contributed by atoms with Crippen LogP contribution in [0.15, 0.2) is 43.1 Å². The van der Waals surface area contributed by atoms with E-state index in [0.717, 1.165) is 55.7 Å². The first-order chi connectivity index (χ1) is 13.4. The van der Waals surface area contributed by atoms with Gasteiger partial charge in [0.15, 0.2) is 0 Å². The summed E-state index contributed by atoms with van der Waals surface area (Å²) in [4.78, 5) is 22.0. The Morgan fingerprint density at radius 1 is 0.926 bits per heavy atom. The molecule has 1 aliphatic heterocycles. The second-order valence-corrected chi connectivity index (χ2v) is 7.09. The zero-order chi connectivity index (χ0) is 18.1. The maximum atomic E-state index is 6.09. The zero-order valence-corrected chi connectivity index (χ0v) is 15.2. The van der Waals surface area contributed by atoms with Crippen molar-refractivity contribution in [1.82, 2.24) is 19.9 Å². The average Bonchev–Trinajstić information content (AvgIpc) is 2.71. The number of piperazine rings is 1. The van der Waals surface area contributed by atoms with Crippen LogP contribution in [0.1, 0.15) is 19.3 Å². The van der Waals surface area contributed by atoms with Crippen molar-refractivity contribution in [2.24, 2.45) is 0 Å². The third-order valence-corrected chi connectivity index (χ3v) is 5.43. The molecule has 2 aromatic heterocycles. The maximum Gasteiger partial charge on any atom is 0.224 e. The van der Waals surface area contributed by atoms with Crippen molar-refractivity contribution in [2.75, 3.05) is 36.0 Å². The number of fused-ring (bicyclic) bond motifs is 1. The Kier molecular flexibility index (Phi) is 4.20. The predicted octanol–water partition coefficient (Wildman–Crippen LogP) is 2.68. The van der Waals surface area contributed by atoms with Gasteiger partial charge in [-0.05, 0) is 37.5 Å². The molecule has 138 valence electrons. The van der Waals surface area contributed by atoms with Crippen molar-refractivity contribution in [3.05, 3.63) is 43.1 Å². The number of nitrogens with zero attached hydrogens (tertiary/aromatic N) is 6. The summed E-state index contributed by atoms with van der Waals surface area (Å²) in [6.07, 6.45) is 10.7. The van der Waals surface area contributed by atoms with Crippen molar-refractivity contribution >= 4 is 22.4 Å². The highest BCUT2D eigenvalue weighted by molar-refractivity contribution is 5.86. The summed E-state index contributed by atoms with van der Waals surface area (Å²) in [6.45, 7) is 3.73. The number of hydrogen-bond donors (Lipinski definition) is 0. The SMILES string of the molecule is c1cnc(N2CCN(c3ccc4ncnc(OC5CCC5)c4c3)CC2)cn1. The Balaban J connectivity index is 1.35. The molecule has 7 nitrogen and oxygen atoms in total. The van der Waals surface area contributed by atoms with Gasteiger partial charge in [0.25, 0.3) is 0 Å². The van der Waals surface area contributed by atoms with E-state index in [1.165, 1.54) is 12.1 Å². The van der Waals surface area contributed by atoms with Gasteiger partial charge in [-0.1, -0.05) is 0 Å². The monoisotopic (exact) mass is 362 g/mol. The Bertz CT molecular complexity index is 922. The molecule has 3 heterocycles. The van der Waals surface area contributed by atoms with Crippen LogP contribution in [0.5, 0.6) is 5.88 Å². The third kappa shape index (κ3) is 3.25. The lowest BCUT2D eigenvalue weighted by atomic mass is 9.96. The highest BCUT2D eigenvalue weighted by Crippen LogP contribution is 2.31. The molecular weight excluding hydrogens is 340 g/mol. The fourth-order valence-electron chi connectivity index (χ4n) is 3.61. The van der Waals surface area contributed by atoms with E-state index in [2.05, 4.69) is 47.9 Å². The molecule has 1 aliphatic carbocycles. The molecule has 1 aromatic carbocycles. The van der Waals surface area contributed by atoms with Gasteiger partial charge in [-0.3, -0.25) is 4.98 Å². The minimum atomic E-state index is 0.308. The minimum Gasteiger partial charge on any atom is -0.474 e. The van der Waals surface area contributed by atoms with E-state index in [1.54, 1.807) is 18.7 Å². The van der Waals surface area contributed by atoms with Crippen LogP contribution < -0.4 is 14.5 Å². The van der Waals surface area contributed by atoms with Gasteiger partial charge >= 0.3 is 0 Å². The minimum absolute atomic E-state index is 0.308. The largest absolute Gasteiger partial charge is 0.474 e. The standard InChI is InChI=1S/C20H22N6O/c1-2-16(3-1)27-20-17-12-15(4-5-18(17)23-14-24-20)25-8-10-26(11-9-25)19-13-21-6-7-22-19/h4-7,12-14,16H,1-3,8-11H2. The molecule has 1 saturated carbocycles. The molecule has 3 aromatic rings. The van der Waals surface area contributed by atoms with Crippen molar-refractivity contribution < 1.29 is 4.74 Å². The third-order valence-electron chi connectivity index (χ3n) is 5.43. The van der Waals surface area contributed by atoms with Crippen LogP contribution in [0.25, 0.3) is 10.9 Å². The summed E-state index contributed by atoms with van der Waals surface area (Å²) in [5, 5.41) is 0.998. The van der Waals surface area contributed by atoms with Gasteiger partial charge in [0.2, 0.25) is 5.88 Å². The predicted molar refractivity (Wildman–Crippen MR) is 104 cm³/mol. The number of benzene rings is 1. The first-order valence-electron chi connectivity index (χ1n) is 9.54. The molecule has 2 fully saturated rings. The second kappa shape index (κ2) is 6.98. The van der Waals surface area contributed by atoms with Crippen LogP contribution in [0, 0.1) is 0 Å². The average molecular weight is 362 g/mol. The highest BCUT2D eigenvalue weighted by Gasteiger charge is 2.22. The van der Waals surface area contributed by atoms with E-state index in [-0.39, 0.29) is 0 Å². The fourth-order valence-corrected chi connectivity index (χ4v) is 3.61. The fraction of sp³-hybridized carbons (Fsp3) is 0.400. The Morgan fingerprint density at radius 3 is 2.52 bits per heavy atom. The quantitative estimate of drug-likeness (QED) is 0.707. The summed E-state index contributed by atoms with van der Waals surface area (Å²) < 4.78 is 6.09. The molecule has 0 N–H and O–H groups in total.